The van der Waals surface area contributed by atoms with E-state index in [1.165, 1.54) is 15.6 Å². The Hall–Kier alpha value is -2.55. The summed E-state index contributed by atoms with van der Waals surface area (Å²) in [6.45, 7) is 1.15. The molecule has 3 N–H and O–H groups in total. The van der Waals surface area contributed by atoms with Crippen molar-refractivity contribution in [1.82, 2.24) is 19.6 Å². The number of carbonyl (C=O) groups excluding carboxylic acids is 1. The number of Topliss-reactive ketones (excluding diaryl/α,β-unsaturated/α-hetero) is 1. The van der Waals surface area contributed by atoms with Crippen LogP contribution in [0.25, 0.3) is 0 Å². The zero-order chi connectivity index (χ0) is 14.9. The largest absolute Gasteiger partial charge is 0.388 e. The molecule has 0 atom stereocenters. The van der Waals surface area contributed by atoms with Crippen LogP contribution in [0, 0.1) is 6.92 Å². The van der Waals surface area contributed by atoms with Crippen LogP contribution in [0.4, 0.5) is 17.3 Å². The maximum absolute atomic E-state index is 11.6. The van der Waals surface area contributed by atoms with Gasteiger partial charge in [-0.15, -0.1) is 10.2 Å². The number of azo groups is 1. The first kappa shape index (κ1) is 13.9. The van der Waals surface area contributed by atoms with Crippen molar-refractivity contribution in [2.24, 2.45) is 24.3 Å². The molecule has 2 heterocycles. The molecule has 0 aliphatic rings. The summed E-state index contributed by atoms with van der Waals surface area (Å²) in [6, 6.07) is 0. The van der Waals surface area contributed by atoms with Crippen molar-refractivity contribution in [2.75, 3.05) is 12.3 Å². The maximum atomic E-state index is 11.6. The van der Waals surface area contributed by atoms with Crippen LogP contribution >= 0.6 is 0 Å². The number of nitrogens with zero attached hydrogens (tertiary/aromatic N) is 6. The standard InChI is InChI=1S/C11H15N7O2/c1-6-9(10(12)17(2)16-6)14-15-11-7(8(20)5-19)4-13-18(11)3/h4,19H,5,12H2,1-3H3. The predicted molar refractivity (Wildman–Crippen MR) is 71.2 cm³/mol. The first-order valence-electron chi connectivity index (χ1n) is 5.82. The summed E-state index contributed by atoms with van der Waals surface area (Å²) in [5.74, 6) is 0.165. The van der Waals surface area contributed by atoms with E-state index in [-0.39, 0.29) is 11.4 Å². The van der Waals surface area contributed by atoms with Crippen molar-refractivity contribution in [1.29, 1.82) is 0 Å². The van der Waals surface area contributed by atoms with Gasteiger partial charge in [0.25, 0.3) is 0 Å². The molecule has 9 heteroatoms. The van der Waals surface area contributed by atoms with E-state index in [4.69, 9.17) is 10.8 Å². The summed E-state index contributed by atoms with van der Waals surface area (Å²) in [5, 5.41) is 25.0. The molecule has 0 fully saturated rings. The number of rotatable bonds is 4. The van der Waals surface area contributed by atoms with Crippen LogP contribution < -0.4 is 5.73 Å². The fourth-order valence-electron chi connectivity index (χ4n) is 1.72. The van der Waals surface area contributed by atoms with E-state index in [0.29, 0.717) is 17.2 Å². The summed E-state index contributed by atoms with van der Waals surface area (Å²) in [6.07, 6.45) is 1.34. The summed E-state index contributed by atoms with van der Waals surface area (Å²) < 4.78 is 2.89. The number of nitrogens with two attached hydrogens (primary N) is 1. The van der Waals surface area contributed by atoms with Gasteiger partial charge in [0.05, 0.1) is 17.5 Å². The van der Waals surface area contributed by atoms with Crippen LogP contribution in [0.3, 0.4) is 0 Å². The number of nitrogen functional groups attached to an aromatic ring is 1. The average molecular weight is 277 g/mol. The molecule has 106 valence electrons. The van der Waals surface area contributed by atoms with Crippen molar-refractivity contribution in [2.45, 2.75) is 6.92 Å². The predicted octanol–water partition coefficient (Wildman–Crippen LogP) is 0.635. The number of aliphatic hydroxyl groups is 1. The lowest BCUT2D eigenvalue weighted by Crippen LogP contribution is -2.03. The number of ketones is 1. The highest BCUT2D eigenvalue weighted by molar-refractivity contribution is 6.00. The molecule has 0 saturated carbocycles. The van der Waals surface area contributed by atoms with E-state index in [9.17, 15) is 4.79 Å². The van der Waals surface area contributed by atoms with Gasteiger partial charge in [0, 0.05) is 14.1 Å². The minimum atomic E-state index is -0.609. The number of hydrogen-bond acceptors (Lipinski definition) is 7. The number of hydrogen-bond donors (Lipinski definition) is 2. The second kappa shape index (κ2) is 5.21. The van der Waals surface area contributed by atoms with Crippen LogP contribution in [0.2, 0.25) is 0 Å². The van der Waals surface area contributed by atoms with Crippen LogP contribution in [-0.4, -0.2) is 37.1 Å². The third kappa shape index (κ3) is 2.30. The Morgan fingerprint density at radius 1 is 1.40 bits per heavy atom. The van der Waals surface area contributed by atoms with E-state index >= 15 is 0 Å². The Labute approximate surface area is 114 Å². The smallest absolute Gasteiger partial charge is 0.193 e. The second-order valence-electron chi connectivity index (χ2n) is 4.23. The van der Waals surface area contributed by atoms with Crippen LogP contribution in [0.5, 0.6) is 0 Å². The highest BCUT2D eigenvalue weighted by Crippen LogP contribution is 2.28. The van der Waals surface area contributed by atoms with Gasteiger partial charge in [0.2, 0.25) is 0 Å². The summed E-state index contributed by atoms with van der Waals surface area (Å²) in [7, 11) is 3.33. The Morgan fingerprint density at radius 3 is 2.65 bits per heavy atom. The quantitative estimate of drug-likeness (QED) is 0.626. The number of aliphatic hydroxyl groups excluding tert-OH is 1. The van der Waals surface area contributed by atoms with Crippen LogP contribution in [-0.2, 0) is 14.1 Å². The summed E-state index contributed by atoms with van der Waals surface area (Å²) >= 11 is 0. The average Bonchev–Trinajstić information content (AvgIpc) is 2.89. The molecule has 20 heavy (non-hydrogen) atoms. The lowest BCUT2D eigenvalue weighted by atomic mass is 10.2. The molecule has 2 aromatic rings. The van der Waals surface area contributed by atoms with Crippen LogP contribution in [0.15, 0.2) is 16.4 Å². The first-order chi connectivity index (χ1) is 9.45. The molecule has 0 aliphatic carbocycles. The van der Waals surface area contributed by atoms with Crippen molar-refractivity contribution in [3.8, 4) is 0 Å². The van der Waals surface area contributed by atoms with Crippen molar-refractivity contribution >= 4 is 23.1 Å². The third-order valence-electron chi connectivity index (χ3n) is 2.83. The monoisotopic (exact) mass is 277 g/mol. The van der Waals surface area contributed by atoms with Gasteiger partial charge in [-0.2, -0.15) is 10.2 Å². The lowest BCUT2D eigenvalue weighted by molar-refractivity contribution is 0.0904. The summed E-state index contributed by atoms with van der Waals surface area (Å²) in [4.78, 5) is 11.6. The van der Waals surface area contributed by atoms with Crippen molar-refractivity contribution in [3.63, 3.8) is 0 Å². The fourth-order valence-corrected chi connectivity index (χ4v) is 1.72. The first-order valence-corrected chi connectivity index (χ1v) is 5.82. The Bertz CT molecular complexity index is 683. The molecule has 0 aromatic carbocycles. The topological polar surface area (TPSA) is 124 Å². The van der Waals surface area contributed by atoms with E-state index in [1.807, 2.05) is 0 Å². The zero-order valence-corrected chi connectivity index (χ0v) is 11.4. The van der Waals surface area contributed by atoms with E-state index in [2.05, 4.69) is 20.4 Å². The number of aromatic nitrogens is 4. The van der Waals surface area contributed by atoms with E-state index in [0.717, 1.165) is 0 Å². The van der Waals surface area contributed by atoms with Gasteiger partial charge < -0.3 is 10.8 Å². The second-order valence-corrected chi connectivity index (χ2v) is 4.23. The van der Waals surface area contributed by atoms with Gasteiger partial charge >= 0.3 is 0 Å². The molecular weight excluding hydrogens is 262 g/mol. The van der Waals surface area contributed by atoms with Gasteiger partial charge in [-0.25, -0.2) is 4.68 Å². The molecule has 2 rings (SSSR count). The highest BCUT2D eigenvalue weighted by atomic mass is 16.3. The zero-order valence-electron chi connectivity index (χ0n) is 11.4. The van der Waals surface area contributed by atoms with Gasteiger partial charge in [-0.1, -0.05) is 0 Å². The van der Waals surface area contributed by atoms with Crippen LogP contribution in [0.1, 0.15) is 16.1 Å². The molecule has 0 aliphatic heterocycles. The third-order valence-corrected chi connectivity index (χ3v) is 2.83. The number of anilines is 1. The van der Waals surface area contributed by atoms with E-state index in [1.54, 1.807) is 21.0 Å². The van der Waals surface area contributed by atoms with Gasteiger partial charge in [0.15, 0.2) is 17.3 Å². The van der Waals surface area contributed by atoms with E-state index < -0.39 is 12.4 Å². The molecule has 9 nitrogen and oxygen atoms in total. The minimum absolute atomic E-state index is 0.207. The van der Waals surface area contributed by atoms with Crippen molar-refractivity contribution in [3.05, 3.63) is 17.5 Å². The molecule has 0 unspecified atom stereocenters. The molecule has 0 radical (unpaired) electrons. The maximum Gasteiger partial charge on any atom is 0.193 e. The Morgan fingerprint density at radius 2 is 2.10 bits per heavy atom. The molecule has 0 bridgehead atoms. The van der Waals surface area contributed by atoms with Crippen molar-refractivity contribution < 1.29 is 9.90 Å². The Kier molecular flexibility index (Phi) is 3.61. The van der Waals surface area contributed by atoms with Gasteiger partial charge in [-0.3, -0.25) is 9.48 Å². The Balaban J connectivity index is 2.41. The SMILES string of the molecule is Cc1nn(C)c(N)c1N=Nc1c(C(=O)CO)cnn1C. The highest BCUT2D eigenvalue weighted by Gasteiger charge is 2.16. The molecular formula is C11H15N7O2. The molecule has 0 amide bonds. The molecule has 2 aromatic heterocycles. The normalized spacial score (nSPS) is 11.4. The fraction of sp³-hybridized carbons (Fsp3) is 0.364. The number of carbonyl (C=O) groups is 1. The molecule has 0 spiro atoms. The lowest BCUT2D eigenvalue weighted by Gasteiger charge is -1.98. The minimum Gasteiger partial charge on any atom is -0.388 e. The van der Waals surface area contributed by atoms with Gasteiger partial charge in [0.1, 0.15) is 12.4 Å². The van der Waals surface area contributed by atoms with Gasteiger partial charge in [-0.05, 0) is 6.92 Å². The molecule has 0 saturated heterocycles. The number of aryl methyl sites for hydroxylation is 3. The summed E-state index contributed by atoms with van der Waals surface area (Å²) in [5.41, 5.74) is 7.10.